The molecule has 1 N–H and O–H groups in total. The number of urea groups is 1. The molecule has 2 aromatic rings. The number of imide groups is 2. The lowest BCUT2D eigenvalue weighted by Crippen LogP contribution is -2.38. The van der Waals surface area contributed by atoms with Gasteiger partial charge in [0.2, 0.25) is 0 Å². The minimum absolute atomic E-state index is 0.0345. The van der Waals surface area contributed by atoms with Crippen LogP contribution < -0.4 is 0 Å². The molecule has 0 bridgehead atoms. The molecule has 0 radical (unpaired) electrons. The highest BCUT2D eigenvalue weighted by Crippen LogP contribution is 2.23. The van der Waals surface area contributed by atoms with Crippen LogP contribution in [0.4, 0.5) is 4.79 Å². The molecule has 2 heterocycles. The molecule has 3 rings (SSSR count). The van der Waals surface area contributed by atoms with Gasteiger partial charge in [-0.2, -0.15) is 0 Å². The average molecular weight is 341 g/mol. The second kappa shape index (κ2) is 6.16. The fraction of sp³-hybridized carbons (Fsp3) is 0.333. The van der Waals surface area contributed by atoms with Gasteiger partial charge < -0.3 is 4.98 Å². The number of benzene rings is 1. The molecule has 7 nitrogen and oxygen atoms in total. The number of carbonyl (C=O) groups excluding carboxylic acids is 4. The molecule has 1 aromatic heterocycles. The Morgan fingerprint density at radius 1 is 1.08 bits per heavy atom. The number of aromatic amines is 1. The van der Waals surface area contributed by atoms with Gasteiger partial charge in [-0.15, -0.1) is 0 Å². The van der Waals surface area contributed by atoms with Crippen LogP contribution in [0.1, 0.15) is 29.9 Å². The van der Waals surface area contributed by atoms with E-state index in [4.69, 9.17) is 0 Å². The van der Waals surface area contributed by atoms with Crippen molar-refractivity contribution in [3.05, 3.63) is 35.5 Å². The summed E-state index contributed by atoms with van der Waals surface area (Å²) in [6.07, 6.45) is 0. The van der Waals surface area contributed by atoms with Gasteiger partial charge >= 0.3 is 17.8 Å². The summed E-state index contributed by atoms with van der Waals surface area (Å²) in [5, 5.41) is 0.731. The number of para-hydroxylation sites is 1. The van der Waals surface area contributed by atoms with Crippen LogP contribution in [-0.4, -0.2) is 51.5 Å². The molecule has 1 aromatic carbocycles. The lowest BCUT2D eigenvalue weighted by Gasteiger charge is -2.16. The zero-order valence-electron chi connectivity index (χ0n) is 14.3. The van der Waals surface area contributed by atoms with Gasteiger partial charge in [-0.1, -0.05) is 32.0 Å². The van der Waals surface area contributed by atoms with Crippen molar-refractivity contribution in [1.82, 2.24) is 14.8 Å². The molecule has 25 heavy (non-hydrogen) atoms. The summed E-state index contributed by atoms with van der Waals surface area (Å²) >= 11 is 0. The van der Waals surface area contributed by atoms with Crippen LogP contribution >= 0.6 is 0 Å². The Morgan fingerprint density at radius 3 is 2.40 bits per heavy atom. The van der Waals surface area contributed by atoms with Gasteiger partial charge in [0.15, 0.2) is 5.78 Å². The molecule has 7 heteroatoms. The second-order valence-corrected chi connectivity index (χ2v) is 6.58. The smallest absolute Gasteiger partial charge is 0.334 e. The van der Waals surface area contributed by atoms with Crippen molar-refractivity contribution in [2.45, 2.75) is 20.8 Å². The molecule has 0 atom stereocenters. The molecule has 4 amide bonds. The van der Waals surface area contributed by atoms with Gasteiger partial charge in [0, 0.05) is 28.7 Å². The normalized spacial score (nSPS) is 15.1. The number of amides is 4. The Morgan fingerprint density at radius 2 is 1.72 bits per heavy atom. The Balaban J connectivity index is 1.88. The molecule has 1 aliphatic heterocycles. The lowest BCUT2D eigenvalue weighted by atomic mass is 10.1. The number of fused-ring (bicyclic) bond motifs is 1. The molecule has 1 aliphatic rings. The van der Waals surface area contributed by atoms with Crippen LogP contribution in [0.5, 0.6) is 0 Å². The van der Waals surface area contributed by atoms with Crippen LogP contribution in [0.3, 0.4) is 0 Å². The minimum atomic E-state index is -0.948. The fourth-order valence-electron chi connectivity index (χ4n) is 3.07. The largest absolute Gasteiger partial charge is 0.358 e. The predicted octanol–water partition coefficient (Wildman–Crippen LogP) is 2.11. The molecular weight excluding hydrogens is 322 g/mol. The number of ketones is 1. The van der Waals surface area contributed by atoms with E-state index < -0.39 is 24.4 Å². The van der Waals surface area contributed by atoms with Crippen molar-refractivity contribution in [3.63, 3.8) is 0 Å². The molecular formula is C18H19N3O4. The van der Waals surface area contributed by atoms with E-state index in [1.807, 2.05) is 32.0 Å². The summed E-state index contributed by atoms with van der Waals surface area (Å²) in [6, 6.07) is 6.58. The van der Waals surface area contributed by atoms with Gasteiger partial charge in [0.25, 0.3) is 0 Å². The van der Waals surface area contributed by atoms with Gasteiger partial charge in [0.1, 0.15) is 0 Å². The monoisotopic (exact) mass is 341 g/mol. The van der Waals surface area contributed by atoms with Gasteiger partial charge in [-0.3, -0.25) is 19.3 Å². The van der Waals surface area contributed by atoms with E-state index in [-0.39, 0.29) is 18.2 Å². The number of nitrogens with one attached hydrogen (secondary N) is 1. The lowest BCUT2D eigenvalue weighted by molar-refractivity contribution is -0.143. The first-order valence-electron chi connectivity index (χ1n) is 8.09. The third-order valence-corrected chi connectivity index (χ3v) is 4.16. The number of carbonyl (C=O) groups is 4. The highest BCUT2D eigenvalue weighted by atomic mass is 16.2. The number of aromatic nitrogens is 1. The van der Waals surface area contributed by atoms with Crippen molar-refractivity contribution < 1.29 is 19.2 Å². The van der Waals surface area contributed by atoms with Crippen molar-refractivity contribution in [1.29, 1.82) is 0 Å². The highest BCUT2D eigenvalue weighted by Gasteiger charge is 2.45. The minimum Gasteiger partial charge on any atom is -0.358 e. The standard InChI is InChI=1S/C18H19N3O4/c1-10(2)8-20-16(23)17(24)21(18(20)25)9-14(22)15-11(3)19-13-7-5-4-6-12(13)15/h4-7,10,19H,8-9H2,1-3H3. The Kier molecular flexibility index (Phi) is 4.16. The summed E-state index contributed by atoms with van der Waals surface area (Å²) in [4.78, 5) is 54.0. The van der Waals surface area contributed by atoms with E-state index in [1.54, 1.807) is 13.0 Å². The molecule has 0 unspecified atom stereocenters. The van der Waals surface area contributed by atoms with Crippen molar-refractivity contribution in [2.75, 3.05) is 13.1 Å². The summed E-state index contributed by atoms with van der Waals surface area (Å²) in [5.41, 5.74) is 1.90. The van der Waals surface area contributed by atoms with Crippen molar-refractivity contribution in [3.8, 4) is 0 Å². The summed E-state index contributed by atoms with van der Waals surface area (Å²) in [5.74, 6) is -2.17. The Labute approximate surface area is 144 Å². The predicted molar refractivity (Wildman–Crippen MR) is 91.0 cm³/mol. The van der Waals surface area contributed by atoms with Crippen LogP contribution in [-0.2, 0) is 9.59 Å². The van der Waals surface area contributed by atoms with E-state index in [0.29, 0.717) is 11.3 Å². The maximum atomic E-state index is 12.7. The molecule has 1 saturated heterocycles. The van der Waals surface area contributed by atoms with Crippen LogP contribution in [0.15, 0.2) is 24.3 Å². The van der Waals surface area contributed by atoms with E-state index in [9.17, 15) is 19.2 Å². The number of Topliss-reactive ketones (excluding diaryl/α,β-unsaturated/α-hetero) is 1. The first-order valence-corrected chi connectivity index (χ1v) is 8.09. The molecule has 0 spiro atoms. The first kappa shape index (κ1) is 16.9. The van der Waals surface area contributed by atoms with Gasteiger partial charge in [0.05, 0.1) is 6.54 Å². The Bertz CT molecular complexity index is 897. The molecule has 130 valence electrons. The molecule has 0 aliphatic carbocycles. The van der Waals surface area contributed by atoms with E-state index in [0.717, 1.165) is 20.7 Å². The number of nitrogens with zero attached hydrogens (tertiary/aromatic N) is 2. The van der Waals surface area contributed by atoms with Gasteiger partial charge in [-0.25, -0.2) is 9.69 Å². The van der Waals surface area contributed by atoms with E-state index in [2.05, 4.69) is 4.98 Å². The Hall–Kier alpha value is -2.96. The third kappa shape index (κ3) is 2.82. The zero-order chi connectivity index (χ0) is 18.3. The van der Waals surface area contributed by atoms with E-state index in [1.165, 1.54) is 0 Å². The van der Waals surface area contributed by atoms with Gasteiger partial charge in [-0.05, 0) is 18.9 Å². The summed E-state index contributed by atoms with van der Waals surface area (Å²) in [6.45, 7) is 5.15. The van der Waals surface area contributed by atoms with Crippen molar-refractivity contribution in [2.24, 2.45) is 5.92 Å². The maximum Gasteiger partial charge on any atom is 0.334 e. The number of rotatable bonds is 5. The highest BCUT2D eigenvalue weighted by molar-refractivity contribution is 6.45. The molecule has 0 saturated carbocycles. The van der Waals surface area contributed by atoms with Crippen LogP contribution in [0.2, 0.25) is 0 Å². The summed E-state index contributed by atoms with van der Waals surface area (Å²) in [7, 11) is 0. The topological polar surface area (TPSA) is 90.6 Å². The quantitative estimate of drug-likeness (QED) is 0.512. The third-order valence-electron chi connectivity index (χ3n) is 4.16. The number of hydrogen-bond acceptors (Lipinski definition) is 4. The first-order chi connectivity index (χ1) is 11.8. The second-order valence-electron chi connectivity index (χ2n) is 6.58. The zero-order valence-corrected chi connectivity index (χ0v) is 14.3. The fourth-order valence-corrected chi connectivity index (χ4v) is 3.07. The molecule has 1 fully saturated rings. The summed E-state index contributed by atoms with van der Waals surface area (Å²) < 4.78 is 0. The van der Waals surface area contributed by atoms with Crippen LogP contribution in [0.25, 0.3) is 10.9 Å². The maximum absolute atomic E-state index is 12.7. The SMILES string of the molecule is Cc1[nH]c2ccccc2c1C(=O)CN1C(=O)C(=O)N(CC(C)C)C1=O. The number of aryl methyl sites for hydroxylation is 1. The van der Waals surface area contributed by atoms with Crippen LogP contribution in [0, 0.1) is 12.8 Å². The van der Waals surface area contributed by atoms with E-state index >= 15 is 0 Å². The van der Waals surface area contributed by atoms with Crippen molar-refractivity contribution >= 4 is 34.5 Å². The average Bonchev–Trinajstić information content (AvgIpc) is 2.99. The number of H-pyrrole nitrogens is 1. The number of hydrogen-bond donors (Lipinski definition) is 1.